The number of alkyl halides is 3. The van der Waals surface area contributed by atoms with Crippen LogP contribution in [-0.4, -0.2) is 47.1 Å². The molecule has 122 valence electrons. The van der Waals surface area contributed by atoms with E-state index in [0.29, 0.717) is 11.0 Å². The Bertz CT molecular complexity index is 541. The van der Waals surface area contributed by atoms with E-state index in [-0.39, 0.29) is 0 Å². The third-order valence-corrected chi connectivity index (χ3v) is 3.82. The number of aryl methyl sites for hydroxylation is 1. The Morgan fingerprint density at radius 3 is 2.23 bits per heavy atom. The summed E-state index contributed by atoms with van der Waals surface area (Å²) in [6.07, 6.45) is -0.886. The summed E-state index contributed by atoms with van der Waals surface area (Å²) in [5.74, 6) is 0.352. The largest absolute Gasteiger partial charge is 0.481 e. The molecule has 1 N–H and O–H groups in total. The van der Waals surface area contributed by atoms with Crippen LogP contribution < -0.4 is 5.32 Å². The second-order valence-corrected chi connectivity index (χ2v) is 7.55. The SMILES string of the molecule is CO/C(=N\C(NC(=S)N(C)C)C(Cl)(Cl)Cl)c1ccc(C)cc1. The second kappa shape index (κ2) is 8.20. The number of thiocarbonyl (C=S) groups is 1. The van der Waals surface area contributed by atoms with E-state index in [1.165, 1.54) is 7.11 Å². The molecule has 4 nitrogen and oxygen atoms in total. The van der Waals surface area contributed by atoms with Gasteiger partial charge in [0.2, 0.25) is 9.69 Å². The van der Waals surface area contributed by atoms with E-state index < -0.39 is 9.96 Å². The van der Waals surface area contributed by atoms with Gasteiger partial charge in [0.15, 0.2) is 11.3 Å². The highest BCUT2D eigenvalue weighted by atomic mass is 35.6. The fraction of sp³-hybridized carbons (Fsp3) is 0.429. The minimum Gasteiger partial charge on any atom is -0.481 e. The van der Waals surface area contributed by atoms with Gasteiger partial charge >= 0.3 is 0 Å². The van der Waals surface area contributed by atoms with Crippen LogP contribution in [0.15, 0.2) is 29.3 Å². The monoisotopic (exact) mass is 381 g/mol. The van der Waals surface area contributed by atoms with Gasteiger partial charge in [-0.1, -0.05) is 52.5 Å². The summed E-state index contributed by atoms with van der Waals surface area (Å²) >= 11 is 23.1. The zero-order chi connectivity index (χ0) is 16.9. The number of nitrogens with zero attached hydrogens (tertiary/aromatic N) is 2. The maximum atomic E-state index is 5.99. The highest BCUT2D eigenvalue weighted by Gasteiger charge is 2.34. The Hall–Kier alpha value is -0.750. The quantitative estimate of drug-likeness (QED) is 0.375. The average molecular weight is 383 g/mol. The molecule has 1 aromatic carbocycles. The molecular formula is C14H18Cl3N3OS. The highest BCUT2D eigenvalue weighted by Crippen LogP contribution is 2.31. The van der Waals surface area contributed by atoms with E-state index in [9.17, 15) is 0 Å². The van der Waals surface area contributed by atoms with Crippen molar-refractivity contribution in [1.29, 1.82) is 0 Å². The van der Waals surface area contributed by atoms with Crippen molar-refractivity contribution in [1.82, 2.24) is 10.2 Å². The molecule has 1 rings (SSSR count). The van der Waals surface area contributed by atoms with Crippen LogP contribution in [0.4, 0.5) is 0 Å². The highest BCUT2D eigenvalue weighted by molar-refractivity contribution is 7.80. The normalized spacial score (nSPS) is 13.5. The summed E-state index contributed by atoms with van der Waals surface area (Å²) < 4.78 is 3.64. The predicted molar refractivity (Wildman–Crippen MR) is 98.2 cm³/mol. The van der Waals surface area contributed by atoms with Crippen LogP contribution in [0.1, 0.15) is 11.1 Å². The van der Waals surface area contributed by atoms with Crippen LogP contribution in [0, 0.1) is 6.92 Å². The molecule has 0 saturated heterocycles. The molecule has 1 aromatic rings. The van der Waals surface area contributed by atoms with Gasteiger partial charge in [-0.3, -0.25) is 0 Å². The van der Waals surface area contributed by atoms with Gasteiger partial charge in [-0.15, -0.1) is 0 Å². The van der Waals surface area contributed by atoms with E-state index in [4.69, 9.17) is 51.8 Å². The molecule has 0 saturated carbocycles. The van der Waals surface area contributed by atoms with E-state index in [1.54, 1.807) is 19.0 Å². The third kappa shape index (κ3) is 5.80. The first-order chi connectivity index (χ1) is 10.1. The molecule has 0 amide bonds. The number of methoxy groups -OCH3 is 1. The lowest BCUT2D eigenvalue weighted by Crippen LogP contribution is -2.47. The zero-order valence-corrected chi connectivity index (χ0v) is 15.8. The van der Waals surface area contributed by atoms with E-state index in [2.05, 4.69) is 10.3 Å². The number of hydrogen-bond donors (Lipinski definition) is 1. The number of rotatable bonds is 3. The molecule has 8 heteroatoms. The number of aliphatic imine (C=N–C) groups is 1. The lowest BCUT2D eigenvalue weighted by molar-refractivity contribution is 0.396. The molecule has 22 heavy (non-hydrogen) atoms. The van der Waals surface area contributed by atoms with E-state index >= 15 is 0 Å². The summed E-state index contributed by atoms with van der Waals surface area (Å²) in [5, 5.41) is 3.30. The Morgan fingerprint density at radius 1 is 1.27 bits per heavy atom. The van der Waals surface area contributed by atoms with Gasteiger partial charge in [-0.25, -0.2) is 4.99 Å². The van der Waals surface area contributed by atoms with Crippen LogP contribution in [0.25, 0.3) is 0 Å². The average Bonchev–Trinajstić information content (AvgIpc) is 2.43. The van der Waals surface area contributed by atoms with Crippen molar-refractivity contribution < 1.29 is 4.74 Å². The first-order valence-corrected chi connectivity index (χ1v) is 7.92. The van der Waals surface area contributed by atoms with E-state index in [0.717, 1.165) is 11.1 Å². The number of halogens is 3. The van der Waals surface area contributed by atoms with Gasteiger partial charge in [-0.05, 0) is 31.3 Å². The van der Waals surface area contributed by atoms with Gasteiger partial charge in [-0.2, -0.15) is 0 Å². The third-order valence-electron chi connectivity index (χ3n) is 2.71. The lowest BCUT2D eigenvalue weighted by Gasteiger charge is -2.26. The zero-order valence-electron chi connectivity index (χ0n) is 12.7. The minimum absolute atomic E-state index is 0.352. The molecule has 1 atom stereocenters. The van der Waals surface area contributed by atoms with Crippen LogP contribution in [0.5, 0.6) is 0 Å². The first-order valence-electron chi connectivity index (χ1n) is 6.38. The molecular weight excluding hydrogens is 365 g/mol. The first kappa shape index (κ1) is 19.3. The minimum atomic E-state index is -1.69. The molecule has 0 fully saturated rings. The fourth-order valence-corrected chi connectivity index (χ4v) is 1.91. The molecule has 0 bridgehead atoms. The van der Waals surface area contributed by atoms with Crippen LogP contribution >= 0.6 is 47.0 Å². The van der Waals surface area contributed by atoms with E-state index in [1.807, 2.05) is 31.2 Å². The van der Waals surface area contributed by atoms with Crippen LogP contribution in [0.3, 0.4) is 0 Å². The summed E-state index contributed by atoms with van der Waals surface area (Å²) in [6, 6.07) is 7.67. The summed E-state index contributed by atoms with van der Waals surface area (Å²) in [4.78, 5) is 6.05. The molecule has 0 radical (unpaired) electrons. The summed E-state index contributed by atoms with van der Waals surface area (Å²) in [6.45, 7) is 1.99. The Labute approximate surface area is 151 Å². The van der Waals surface area contributed by atoms with Gasteiger partial charge in [0.05, 0.1) is 7.11 Å². The number of nitrogens with one attached hydrogen (secondary N) is 1. The predicted octanol–water partition coefficient (Wildman–Crippen LogP) is 3.52. The molecule has 0 aromatic heterocycles. The molecule has 0 heterocycles. The number of hydrogen-bond acceptors (Lipinski definition) is 3. The topological polar surface area (TPSA) is 36.9 Å². The maximum absolute atomic E-state index is 5.99. The molecule has 1 unspecified atom stereocenters. The summed E-state index contributed by atoms with van der Waals surface area (Å²) in [7, 11) is 5.08. The van der Waals surface area contributed by atoms with Crippen molar-refractivity contribution in [2.75, 3.05) is 21.2 Å². The number of ether oxygens (including phenoxy) is 1. The summed E-state index contributed by atoms with van der Waals surface area (Å²) in [5.41, 5.74) is 1.91. The lowest BCUT2D eigenvalue weighted by atomic mass is 10.1. The van der Waals surface area contributed by atoms with Crippen molar-refractivity contribution in [2.24, 2.45) is 4.99 Å². The van der Waals surface area contributed by atoms with Crippen LogP contribution in [-0.2, 0) is 4.74 Å². The molecule has 0 aliphatic heterocycles. The maximum Gasteiger partial charge on any atom is 0.230 e. The Kier molecular flexibility index (Phi) is 7.19. The van der Waals surface area contributed by atoms with Gasteiger partial charge < -0.3 is 15.0 Å². The van der Waals surface area contributed by atoms with Gasteiger partial charge in [0.25, 0.3) is 0 Å². The molecule has 0 aliphatic rings. The van der Waals surface area contributed by atoms with Crippen molar-refractivity contribution in [3.63, 3.8) is 0 Å². The van der Waals surface area contributed by atoms with Crippen molar-refractivity contribution in [3.05, 3.63) is 35.4 Å². The number of benzene rings is 1. The smallest absolute Gasteiger partial charge is 0.230 e. The standard InChI is InChI=1S/C14H18Cl3N3OS/c1-9-5-7-10(8-6-9)11(21-4)18-12(14(15,16)17)19-13(22)20(2)3/h5-8,12H,1-4H3,(H,19,22)/b18-11-. The van der Waals surface area contributed by atoms with Gasteiger partial charge in [0, 0.05) is 19.7 Å². The van der Waals surface area contributed by atoms with Crippen molar-refractivity contribution in [3.8, 4) is 0 Å². The fourth-order valence-electron chi connectivity index (χ4n) is 1.49. The van der Waals surface area contributed by atoms with Crippen molar-refractivity contribution in [2.45, 2.75) is 16.9 Å². The Morgan fingerprint density at radius 2 is 1.82 bits per heavy atom. The molecule has 0 spiro atoms. The van der Waals surface area contributed by atoms with Crippen molar-refractivity contribution >= 4 is 58.0 Å². The van der Waals surface area contributed by atoms with Crippen LogP contribution in [0.2, 0.25) is 0 Å². The molecule has 0 aliphatic carbocycles. The van der Waals surface area contributed by atoms with Gasteiger partial charge in [0.1, 0.15) is 0 Å². The Balaban J connectivity index is 3.11. The second-order valence-electron chi connectivity index (χ2n) is 4.79.